The predicted octanol–water partition coefficient (Wildman–Crippen LogP) is 5.25. The molecule has 0 bridgehead atoms. The van der Waals surface area contributed by atoms with Gasteiger partial charge in [-0.25, -0.2) is 9.78 Å². The van der Waals surface area contributed by atoms with E-state index in [2.05, 4.69) is 15.6 Å². The lowest BCUT2D eigenvalue weighted by Crippen LogP contribution is -2.60. The molecule has 342 valence electrons. The van der Waals surface area contributed by atoms with Crippen molar-refractivity contribution in [3.05, 3.63) is 24.4 Å². The molecule has 3 N–H and O–H groups in total. The van der Waals surface area contributed by atoms with Crippen molar-refractivity contribution >= 4 is 51.3 Å². The molecular formula is C43H74N6O9S2. The standard InChI is InChI=1S/C43H74N6O9S2/c1-14-28(7)38(33(56-12)25-35(51)49-22-18-19-31(49)39(57-13)29(8)40(52)45-30(9)32(50)15-2)47(10)42(54)36(26(3)4)46-41(53)37(27(5)6)48(11)43(55)58-23-24-59-60-34-20-16-17-21-44-34/h16-17,20-21,26-33,36-39,50H,14-15,18-19,22-25H2,1-13H3,(H,45,52)(H,46,53)/t28-,29+,30+,31-,32-,33+,36-,37-,38-,39+/m0/s1. The first-order chi connectivity index (χ1) is 28.4. The van der Waals surface area contributed by atoms with E-state index >= 15 is 0 Å². The Kier molecular flexibility index (Phi) is 23.3. The van der Waals surface area contributed by atoms with Gasteiger partial charge in [0.1, 0.15) is 23.7 Å². The minimum Gasteiger partial charge on any atom is -0.448 e. The molecule has 0 radical (unpaired) electrons. The van der Waals surface area contributed by atoms with Crippen LogP contribution in [-0.4, -0.2) is 150 Å². The van der Waals surface area contributed by atoms with Gasteiger partial charge in [-0.2, -0.15) is 0 Å². The average Bonchev–Trinajstić information content (AvgIpc) is 3.71. The second-order valence-electron chi connectivity index (χ2n) is 16.6. The van der Waals surface area contributed by atoms with Gasteiger partial charge >= 0.3 is 6.09 Å². The smallest absolute Gasteiger partial charge is 0.410 e. The van der Waals surface area contributed by atoms with E-state index in [1.165, 1.54) is 40.6 Å². The highest BCUT2D eigenvalue weighted by Crippen LogP contribution is 2.31. The van der Waals surface area contributed by atoms with Crippen LogP contribution in [0.5, 0.6) is 0 Å². The number of pyridine rings is 1. The maximum atomic E-state index is 14.5. The molecule has 0 saturated carbocycles. The van der Waals surface area contributed by atoms with E-state index in [0.717, 1.165) is 11.4 Å². The van der Waals surface area contributed by atoms with Crippen LogP contribution in [0.3, 0.4) is 0 Å². The molecule has 2 heterocycles. The van der Waals surface area contributed by atoms with Crippen molar-refractivity contribution < 1.29 is 43.3 Å². The summed E-state index contributed by atoms with van der Waals surface area (Å²) < 4.78 is 17.4. The molecule has 0 aliphatic carbocycles. The van der Waals surface area contributed by atoms with Gasteiger partial charge in [0.25, 0.3) is 0 Å². The van der Waals surface area contributed by atoms with Crippen molar-refractivity contribution in [2.75, 3.05) is 47.2 Å². The van der Waals surface area contributed by atoms with Gasteiger partial charge in [0.15, 0.2) is 0 Å². The summed E-state index contributed by atoms with van der Waals surface area (Å²) in [6.07, 6.45) is 1.71. The van der Waals surface area contributed by atoms with E-state index in [-0.39, 0.29) is 54.5 Å². The Morgan fingerprint density at radius 3 is 2.17 bits per heavy atom. The van der Waals surface area contributed by atoms with E-state index in [9.17, 15) is 29.1 Å². The molecule has 0 unspecified atom stereocenters. The molecule has 17 heteroatoms. The van der Waals surface area contributed by atoms with Crippen LogP contribution in [-0.2, 0) is 33.4 Å². The van der Waals surface area contributed by atoms with Crippen molar-refractivity contribution in [3.63, 3.8) is 0 Å². The molecule has 5 amide bonds. The normalized spacial score (nSPS) is 18.7. The van der Waals surface area contributed by atoms with Gasteiger partial charge in [-0.15, -0.1) is 0 Å². The first kappa shape index (κ1) is 53.0. The Morgan fingerprint density at radius 2 is 1.62 bits per heavy atom. The Hall–Kier alpha value is -3.12. The molecule has 0 aromatic carbocycles. The molecule has 1 saturated heterocycles. The lowest BCUT2D eigenvalue weighted by atomic mass is 9.89. The van der Waals surface area contributed by atoms with Crippen LogP contribution in [0, 0.1) is 23.7 Å². The summed E-state index contributed by atoms with van der Waals surface area (Å²) >= 11 is 0. The number of nitrogens with zero attached hydrogens (tertiary/aromatic N) is 4. The predicted molar refractivity (Wildman–Crippen MR) is 237 cm³/mol. The third-order valence-corrected chi connectivity index (χ3v) is 13.9. The maximum absolute atomic E-state index is 14.5. The number of methoxy groups -OCH3 is 2. The highest BCUT2D eigenvalue weighted by atomic mass is 33.1. The third kappa shape index (κ3) is 15.1. The Morgan fingerprint density at radius 1 is 0.933 bits per heavy atom. The number of carbonyl (C=O) groups excluding carboxylic acids is 5. The fourth-order valence-electron chi connectivity index (χ4n) is 7.89. The summed E-state index contributed by atoms with van der Waals surface area (Å²) in [5, 5.41) is 16.9. The van der Waals surface area contributed by atoms with Gasteiger partial charge in [-0.05, 0) is 66.9 Å². The SMILES string of the molecule is CC[C@H](C)[C@@H]([C@@H](CC(=O)N1CCC[C@H]1[C@H](OC)[C@@H](C)C(=O)N[C@H](C)[C@@H](O)CC)OC)N(C)C(=O)[C@@H](NC(=O)[C@H](C(C)C)N(C)C(=O)OCCSSc1ccccn1)C(C)C. The van der Waals surface area contributed by atoms with Crippen molar-refractivity contribution in [1.82, 2.24) is 30.3 Å². The zero-order valence-corrected chi connectivity index (χ0v) is 39.8. The van der Waals surface area contributed by atoms with Gasteiger partial charge in [0, 0.05) is 46.8 Å². The molecule has 1 aromatic rings. The summed E-state index contributed by atoms with van der Waals surface area (Å²) in [4.78, 5) is 78.0. The number of aliphatic hydroxyl groups excluding tert-OH is 1. The highest BCUT2D eigenvalue weighted by Gasteiger charge is 2.43. The highest BCUT2D eigenvalue weighted by molar-refractivity contribution is 8.76. The fourth-order valence-corrected chi connectivity index (χ4v) is 9.59. The fraction of sp³-hybridized carbons (Fsp3) is 0.767. The third-order valence-electron chi connectivity index (χ3n) is 11.6. The van der Waals surface area contributed by atoms with Crippen LogP contribution < -0.4 is 10.6 Å². The molecule has 2 rings (SSSR count). The lowest BCUT2D eigenvalue weighted by molar-refractivity contribution is -0.148. The molecule has 1 aliphatic heterocycles. The van der Waals surface area contributed by atoms with E-state index in [1.807, 2.05) is 66.7 Å². The van der Waals surface area contributed by atoms with Crippen molar-refractivity contribution in [1.29, 1.82) is 0 Å². The minimum atomic E-state index is -0.938. The molecule has 10 atom stereocenters. The van der Waals surface area contributed by atoms with Crippen molar-refractivity contribution in [2.45, 2.75) is 148 Å². The molecule has 60 heavy (non-hydrogen) atoms. The second kappa shape index (κ2) is 26.4. The summed E-state index contributed by atoms with van der Waals surface area (Å²) in [5.41, 5.74) is 0. The zero-order valence-electron chi connectivity index (χ0n) is 38.2. The quantitative estimate of drug-likeness (QED) is 0.0860. The number of nitrogens with one attached hydrogen (secondary N) is 2. The van der Waals surface area contributed by atoms with Gasteiger partial charge < -0.3 is 39.8 Å². The molecule has 0 spiro atoms. The number of aliphatic hydroxyl groups is 1. The van der Waals surface area contributed by atoms with Gasteiger partial charge in [-0.1, -0.05) is 78.7 Å². The number of ether oxygens (including phenoxy) is 3. The zero-order chi connectivity index (χ0) is 45.3. The van der Waals surface area contributed by atoms with Gasteiger partial charge in [-0.3, -0.25) is 24.1 Å². The van der Waals surface area contributed by atoms with Crippen LogP contribution in [0.15, 0.2) is 29.4 Å². The van der Waals surface area contributed by atoms with Crippen LogP contribution in [0.2, 0.25) is 0 Å². The summed E-state index contributed by atoms with van der Waals surface area (Å²) in [6, 6.07) is 2.48. The number of likely N-dealkylation sites (tertiary alicyclic amines) is 1. The average molecular weight is 883 g/mol. The first-order valence-corrected chi connectivity index (χ1v) is 23.7. The number of hydrogen-bond donors (Lipinski definition) is 3. The van der Waals surface area contributed by atoms with Crippen LogP contribution in [0.1, 0.15) is 94.4 Å². The first-order valence-electron chi connectivity index (χ1n) is 21.4. The summed E-state index contributed by atoms with van der Waals surface area (Å²) in [5.74, 6) is -2.01. The van der Waals surface area contributed by atoms with Crippen LogP contribution >= 0.6 is 21.6 Å². The molecule has 15 nitrogen and oxygen atoms in total. The maximum Gasteiger partial charge on any atom is 0.410 e. The van der Waals surface area contributed by atoms with E-state index in [0.29, 0.717) is 31.6 Å². The summed E-state index contributed by atoms with van der Waals surface area (Å²) in [7, 11) is 9.27. The Labute approximate surface area is 366 Å². The number of rotatable bonds is 25. The Bertz CT molecular complexity index is 1490. The number of aromatic nitrogens is 1. The monoisotopic (exact) mass is 882 g/mol. The summed E-state index contributed by atoms with van der Waals surface area (Å²) in [6.45, 7) is 17.4. The van der Waals surface area contributed by atoms with Gasteiger partial charge in [0.05, 0.1) is 48.8 Å². The number of hydrogen-bond acceptors (Lipinski definition) is 12. The van der Waals surface area contributed by atoms with E-state index < -0.39 is 60.4 Å². The van der Waals surface area contributed by atoms with Crippen LogP contribution in [0.25, 0.3) is 0 Å². The molecule has 1 aromatic heterocycles. The Balaban J connectivity index is 2.20. The number of amides is 5. The number of likely N-dealkylation sites (N-methyl/N-ethyl adjacent to an activating group) is 2. The van der Waals surface area contributed by atoms with Crippen molar-refractivity contribution in [2.24, 2.45) is 23.7 Å². The topological polar surface area (TPSA) is 180 Å². The molecular weight excluding hydrogens is 809 g/mol. The van der Waals surface area contributed by atoms with E-state index in [4.69, 9.17) is 14.2 Å². The second-order valence-corrected chi connectivity index (χ2v) is 19.0. The van der Waals surface area contributed by atoms with E-state index in [1.54, 1.807) is 44.0 Å². The minimum absolute atomic E-state index is 0.0161. The van der Waals surface area contributed by atoms with Crippen molar-refractivity contribution in [3.8, 4) is 0 Å². The van der Waals surface area contributed by atoms with Crippen LogP contribution in [0.4, 0.5) is 4.79 Å². The lowest BCUT2D eigenvalue weighted by Gasteiger charge is -2.41. The molecule has 1 aliphatic rings. The molecule has 1 fully saturated rings. The number of carbonyl (C=O) groups is 5. The largest absolute Gasteiger partial charge is 0.448 e. The van der Waals surface area contributed by atoms with Gasteiger partial charge in [0.2, 0.25) is 23.6 Å².